The summed E-state index contributed by atoms with van der Waals surface area (Å²) in [5.41, 5.74) is 2.95. The van der Waals surface area contributed by atoms with Gasteiger partial charge in [-0.2, -0.15) is 5.10 Å². The van der Waals surface area contributed by atoms with Crippen molar-refractivity contribution in [1.29, 1.82) is 0 Å². The van der Waals surface area contributed by atoms with Crippen LogP contribution >= 0.6 is 43.5 Å². The largest absolute Gasteiger partial charge is 0.493 e. The van der Waals surface area contributed by atoms with E-state index in [4.69, 9.17) is 25.8 Å². The quantitative estimate of drug-likeness (QED) is 0.446. The van der Waals surface area contributed by atoms with Gasteiger partial charge in [-0.25, -0.2) is 5.43 Å². The molecule has 1 N–H and O–H groups in total. The molecule has 0 radical (unpaired) electrons. The van der Waals surface area contributed by atoms with Crippen molar-refractivity contribution in [2.45, 2.75) is 0 Å². The minimum Gasteiger partial charge on any atom is -0.493 e. The van der Waals surface area contributed by atoms with Gasteiger partial charge in [-0.05, 0) is 40.2 Å². The number of hydrogen-bond donors (Lipinski definition) is 1. The summed E-state index contributed by atoms with van der Waals surface area (Å²) in [5.74, 6) is 1.16. The third kappa shape index (κ3) is 5.62. The normalized spacial score (nSPS) is 10.7. The molecule has 0 aliphatic carbocycles. The lowest BCUT2D eigenvalue weighted by Crippen LogP contribution is -2.24. The minimum absolute atomic E-state index is 0.183. The van der Waals surface area contributed by atoms with E-state index in [-0.39, 0.29) is 6.61 Å². The van der Waals surface area contributed by atoms with Crippen LogP contribution in [0.2, 0.25) is 5.02 Å². The van der Waals surface area contributed by atoms with Crippen LogP contribution in [0.4, 0.5) is 0 Å². The summed E-state index contributed by atoms with van der Waals surface area (Å²) in [7, 11) is 3.04. The number of nitrogens with zero attached hydrogens (tertiary/aromatic N) is 1. The summed E-state index contributed by atoms with van der Waals surface area (Å²) in [6.45, 7) is -0.183. The molecule has 1 amide bonds. The molecule has 0 aliphatic rings. The molecule has 2 aromatic carbocycles. The van der Waals surface area contributed by atoms with Crippen LogP contribution in [-0.4, -0.2) is 32.9 Å². The highest BCUT2D eigenvalue weighted by Crippen LogP contribution is 2.32. The standard InChI is InChI=1S/C17H15Br2ClN2O4/c1-24-15-5-10(13(20)7-16(15)25-2)8-21-22-17(23)9-26-14-4-3-11(18)6-12(14)19/h3-8H,9H2,1-2H3,(H,22,23)/b21-8+. The lowest BCUT2D eigenvalue weighted by atomic mass is 10.2. The van der Waals surface area contributed by atoms with Crippen LogP contribution in [0, 0.1) is 0 Å². The number of methoxy groups -OCH3 is 2. The molecule has 0 unspecified atom stereocenters. The number of rotatable bonds is 7. The monoisotopic (exact) mass is 504 g/mol. The first kappa shape index (κ1) is 20.5. The molecule has 138 valence electrons. The molecule has 2 rings (SSSR count). The molecule has 0 heterocycles. The molecular weight excluding hydrogens is 491 g/mol. The number of hydrazone groups is 1. The highest BCUT2D eigenvalue weighted by molar-refractivity contribution is 9.11. The molecular formula is C17H15Br2ClN2O4. The van der Waals surface area contributed by atoms with Gasteiger partial charge in [-0.1, -0.05) is 27.5 Å². The van der Waals surface area contributed by atoms with Gasteiger partial charge in [0.2, 0.25) is 0 Å². The Morgan fingerprint density at radius 3 is 2.50 bits per heavy atom. The first-order chi connectivity index (χ1) is 12.4. The van der Waals surface area contributed by atoms with Crippen LogP contribution < -0.4 is 19.6 Å². The topological polar surface area (TPSA) is 69.2 Å². The zero-order valence-corrected chi connectivity index (χ0v) is 17.8. The Kier molecular flexibility index (Phi) is 7.74. The highest BCUT2D eigenvalue weighted by atomic mass is 79.9. The zero-order chi connectivity index (χ0) is 19.1. The SMILES string of the molecule is COc1cc(Cl)c(/C=N/NC(=O)COc2ccc(Br)cc2Br)cc1OC. The zero-order valence-electron chi connectivity index (χ0n) is 13.9. The molecule has 0 aliphatic heterocycles. The van der Waals surface area contributed by atoms with E-state index in [9.17, 15) is 4.79 Å². The summed E-state index contributed by atoms with van der Waals surface area (Å²) < 4.78 is 17.4. The Hall–Kier alpha value is -1.77. The van der Waals surface area contributed by atoms with Gasteiger partial charge in [0, 0.05) is 16.1 Å². The first-order valence-electron chi connectivity index (χ1n) is 7.26. The summed E-state index contributed by atoms with van der Waals surface area (Å²) in [6, 6.07) is 8.65. The number of nitrogens with one attached hydrogen (secondary N) is 1. The van der Waals surface area contributed by atoms with Crippen LogP contribution in [0.25, 0.3) is 0 Å². The Balaban J connectivity index is 1.94. The fourth-order valence-corrected chi connectivity index (χ4v) is 3.27. The van der Waals surface area contributed by atoms with E-state index in [0.717, 1.165) is 8.95 Å². The van der Waals surface area contributed by atoms with E-state index in [2.05, 4.69) is 42.4 Å². The van der Waals surface area contributed by atoms with Crippen LogP contribution in [0.3, 0.4) is 0 Å². The molecule has 26 heavy (non-hydrogen) atoms. The number of carbonyl (C=O) groups excluding carboxylic acids is 1. The predicted molar refractivity (Wildman–Crippen MR) is 108 cm³/mol. The van der Waals surface area contributed by atoms with E-state index in [0.29, 0.717) is 27.8 Å². The van der Waals surface area contributed by atoms with Gasteiger partial charge in [0.15, 0.2) is 18.1 Å². The average molecular weight is 507 g/mol. The van der Waals surface area contributed by atoms with Crippen molar-refractivity contribution in [3.05, 3.63) is 49.9 Å². The molecule has 2 aromatic rings. The summed E-state index contributed by atoms with van der Waals surface area (Å²) in [6.07, 6.45) is 1.41. The predicted octanol–water partition coefficient (Wildman–Crippen LogP) is 4.41. The molecule has 9 heteroatoms. The highest BCUT2D eigenvalue weighted by Gasteiger charge is 2.09. The summed E-state index contributed by atoms with van der Waals surface area (Å²) in [4.78, 5) is 11.8. The second kappa shape index (κ2) is 9.80. The average Bonchev–Trinajstić information content (AvgIpc) is 2.62. The van der Waals surface area contributed by atoms with Crippen molar-refractivity contribution in [3.63, 3.8) is 0 Å². The maximum atomic E-state index is 11.8. The van der Waals surface area contributed by atoms with E-state index in [1.807, 2.05) is 12.1 Å². The van der Waals surface area contributed by atoms with Crippen molar-refractivity contribution >= 4 is 55.6 Å². The van der Waals surface area contributed by atoms with Crippen LogP contribution in [-0.2, 0) is 4.79 Å². The molecule has 0 saturated carbocycles. The number of amides is 1. The smallest absolute Gasteiger partial charge is 0.277 e. The third-order valence-corrected chi connectivity index (χ3v) is 4.59. The van der Waals surface area contributed by atoms with Gasteiger partial charge < -0.3 is 14.2 Å². The molecule has 0 bridgehead atoms. The van der Waals surface area contributed by atoms with E-state index < -0.39 is 5.91 Å². The maximum Gasteiger partial charge on any atom is 0.277 e. The lowest BCUT2D eigenvalue weighted by Gasteiger charge is -2.09. The molecule has 0 saturated heterocycles. The Morgan fingerprint density at radius 1 is 1.15 bits per heavy atom. The molecule has 0 spiro atoms. The third-order valence-electron chi connectivity index (χ3n) is 3.15. The minimum atomic E-state index is -0.410. The van der Waals surface area contributed by atoms with Crippen molar-refractivity contribution in [2.75, 3.05) is 20.8 Å². The Morgan fingerprint density at radius 2 is 1.85 bits per heavy atom. The van der Waals surface area contributed by atoms with Crippen LogP contribution in [0.15, 0.2) is 44.4 Å². The second-order valence-electron chi connectivity index (χ2n) is 4.89. The number of halogens is 3. The van der Waals surface area contributed by atoms with Gasteiger partial charge in [-0.15, -0.1) is 0 Å². The van der Waals surface area contributed by atoms with Gasteiger partial charge >= 0.3 is 0 Å². The maximum absolute atomic E-state index is 11.8. The lowest BCUT2D eigenvalue weighted by molar-refractivity contribution is -0.123. The van der Waals surface area contributed by atoms with Crippen LogP contribution in [0.1, 0.15) is 5.56 Å². The molecule has 0 atom stereocenters. The van der Waals surface area contributed by atoms with Gasteiger partial charge in [0.25, 0.3) is 5.91 Å². The van der Waals surface area contributed by atoms with Gasteiger partial charge in [-0.3, -0.25) is 4.79 Å². The molecule has 6 nitrogen and oxygen atoms in total. The Labute approximate surface area is 172 Å². The fraction of sp³-hybridized carbons (Fsp3) is 0.176. The van der Waals surface area contributed by atoms with Crippen LogP contribution in [0.5, 0.6) is 17.2 Å². The fourth-order valence-electron chi connectivity index (χ4n) is 1.91. The number of carbonyl (C=O) groups is 1. The second-order valence-corrected chi connectivity index (χ2v) is 7.06. The number of hydrogen-bond acceptors (Lipinski definition) is 5. The van der Waals surface area contributed by atoms with Crippen molar-refractivity contribution in [1.82, 2.24) is 5.43 Å². The van der Waals surface area contributed by atoms with Gasteiger partial charge in [0.1, 0.15) is 5.75 Å². The van der Waals surface area contributed by atoms with E-state index >= 15 is 0 Å². The van der Waals surface area contributed by atoms with Crippen molar-refractivity contribution in [3.8, 4) is 17.2 Å². The van der Waals surface area contributed by atoms with E-state index in [1.54, 1.807) is 18.2 Å². The molecule has 0 fully saturated rings. The number of ether oxygens (including phenoxy) is 3. The van der Waals surface area contributed by atoms with Crippen molar-refractivity contribution in [2.24, 2.45) is 5.10 Å². The van der Waals surface area contributed by atoms with E-state index in [1.165, 1.54) is 20.4 Å². The summed E-state index contributed by atoms with van der Waals surface area (Å²) in [5, 5.41) is 4.29. The number of benzene rings is 2. The van der Waals surface area contributed by atoms with Gasteiger partial charge in [0.05, 0.1) is 29.9 Å². The summed E-state index contributed by atoms with van der Waals surface area (Å²) >= 11 is 12.9. The first-order valence-corrected chi connectivity index (χ1v) is 9.22. The van der Waals surface area contributed by atoms with Crippen molar-refractivity contribution < 1.29 is 19.0 Å². The Bertz CT molecular complexity index is 831. The molecule has 0 aromatic heterocycles.